The molecule has 2 aromatic carbocycles. The van der Waals surface area contributed by atoms with Crippen molar-refractivity contribution in [3.63, 3.8) is 0 Å². The standard InChI is InChI=1S/C19H15FN2O2/c1-24-17-12-11-16(22-18(17)13-5-3-2-4-6-13)19(23)21-15-9-7-14(20)8-10-15/h2-12H,1H3,(H,21,23). The van der Waals surface area contributed by atoms with E-state index in [9.17, 15) is 9.18 Å². The van der Waals surface area contributed by atoms with Gasteiger partial charge >= 0.3 is 0 Å². The number of hydrogen-bond donors (Lipinski definition) is 1. The summed E-state index contributed by atoms with van der Waals surface area (Å²) < 4.78 is 18.3. The highest BCUT2D eigenvalue weighted by atomic mass is 19.1. The lowest BCUT2D eigenvalue weighted by atomic mass is 10.1. The number of carbonyl (C=O) groups is 1. The molecule has 0 saturated carbocycles. The molecule has 1 N–H and O–H groups in total. The van der Waals surface area contributed by atoms with E-state index in [2.05, 4.69) is 10.3 Å². The summed E-state index contributed by atoms with van der Waals surface area (Å²) in [7, 11) is 1.56. The van der Waals surface area contributed by atoms with Crippen LogP contribution in [-0.4, -0.2) is 18.0 Å². The fourth-order valence-corrected chi connectivity index (χ4v) is 2.27. The Morgan fingerprint density at radius 2 is 1.71 bits per heavy atom. The van der Waals surface area contributed by atoms with Gasteiger partial charge in [-0.15, -0.1) is 0 Å². The molecule has 5 heteroatoms. The van der Waals surface area contributed by atoms with Crippen LogP contribution < -0.4 is 10.1 Å². The Kier molecular flexibility index (Phi) is 4.52. The van der Waals surface area contributed by atoms with Gasteiger partial charge in [0.15, 0.2) is 0 Å². The van der Waals surface area contributed by atoms with Gasteiger partial charge in [-0.2, -0.15) is 0 Å². The van der Waals surface area contributed by atoms with Crippen molar-refractivity contribution in [1.82, 2.24) is 4.98 Å². The molecule has 0 radical (unpaired) electrons. The van der Waals surface area contributed by atoms with Crippen LogP contribution in [0.3, 0.4) is 0 Å². The summed E-state index contributed by atoms with van der Waals surface area (Å²) in [6.45, 7) is 0. The van der Waals surface area contributed by atoms with Crippen LogP contribution in [0, 0.1) is 5.82 Å². The predicted octanol–water partition coefficient (Wildman–Crippen LogP) is 4.15. The van der Waals surface area contributed by atoms with E-state index in [1.807, 2.05) is 30.3 Å². The van der Waals surface area contributed by atoms with Gasteiger partial charge in [-0.1, -0.05) is 30.3 Å². The van der Waals surface area contributed by atoms with Crippen LogP contribution in [0.4, 0.5) is 10.1 Å². The van der Waals surface area contributed by atoms with E-state index in [0.717, 1.165) is 5.56 Å². The largest absolute Gasteiger partial charge is 0.494 e. The van der Waals surface area contributed by atoms with E-state index in [1.165, 1.54) is 24.3 Å². The van der Waals surface area contributed by atoms with Gasteiger partial charge < -0.3 is 10.1 Å². The minimum Gasteiger partial charge on any atom is -0.494 e. The number of hydrogen-bond acceptors (Lipinski definition) is 3. The Hall–Kier alpha value is -3.21. The molecule has 3 rings (SSSR count). The third-order valence-electron chi connectivity index (χ3n) is 3.46. The zero-order valence-corrected chi connectivity index (χ0v) is 13.0. The number of rotatable bonds is 4. The molecule has 1 heterocycles. The molecule has 1 amide bonds. The third kappa shape index (κ3) is 3.41. The first-order valence-electron chi connectivity index (χ1n) is 7.35. The second kappa shape index (κ2) is 6.91. The fraction of sp³-hybridized carbons (Fsp3) is 0.0526. The lowest BCUT2D eigenvalue weighted by Crippen LogP contribution is -2.14. The van der Waals surface area contributed by atoms with Crippen LogP contribution in [0.5, 0.6) is 5.75 Å². The van der Waals surface area contributed by atoms with Crippen molar-refractivity contribution in [1.29, 1.82) is 0 Å². The van der Waals surface area contributed by atoms with Crippen molar-refractivity contribution in [2.24, 2.45) is 0 Å². The van der Waals surface area contributed by atoms with Gasteiger partial charge in [-0.25, -0.2) is 9.37 Å². The smallest absolute Gasteiger partial charge is 0.274 e. The van der Waals surface area contributed by atoms with Crippen LogP contribution in [0.15, 0.2) is 66.7 Å². The summed E-state index contributed by atoms with van der Waals surface area (Å²) >= 11 is 0. The molecule has 0 unspecified atom stereocenters. The zero-order chi connectivity index (χ0) is 16.9. The molecule has 24 heavy (non-hydrogen) atoms. The molecular weight excluding hydrogens is 307 g/mol. The van der Waals surface area contributed by atoms with Crippen molar-refractivity contribution < 1.29 is 13.9 Å². The first-order chi connectivity index (χ1) is 11.7. The zero-order valence-electron chi connectivity index (χ0n) is 13.0. The van der Waals surface area contributed by atoms with Crippen molar-refractivity contribution in [3.05, 3.63) is 78.2 Å². The van der Waals surface area contributed by atoms with Crippen LogP contribution in [0.25, 0.3) is 11.3 Å². The van der Waals surface area contributed by atoms with Gasteiger partial charge in [0.1, 0.15) is 23.0 Å². The summed E-state index contributed by atoms with van der Waals surface area (Å²) in [5.41, 5.74) is 2.19. The molecule has 0 aliphatic heterocycles. The predicted molar refractivity (Wildman–Crippen MR) is 90.6 cm³/mol. The number of amides is 1. The minimum atomic E-state index is -0.374. The molecule has 120 valence electrons. The summed E-state index contributed by atoms with van der Waals surface area (Å²) in [6.07, 6.45) is 0. The van der Waals surface area contributed by atoms with Gasteiger partial charge in [-0.05, 0) is 36.4 Å². The molecule has 1 aromatic heterocycles. The summed E-state index contributed by atoms with van der Waals surface area (Å²) in [5.74, 6) is -0.150. The summed E-state index contributed by atoms with van der Waals surface area (Å²) in [4.78, 5) is 16.8. The highest BCUT2D eigenvalue weighted by molar-refractivity contribution is 6.03. The van der Waals surface area contributed by atoms with Gasteiger partial charge in [-0.3, -0.25) is 4.79 Å². The number of aromatic nitrogens is 1. The number of anilines is 1. The summed E-state index contributed by atoms with van der Waals surface area (Å²) in [5, 5.41) is 2.69. The molecule has 0 bridgehead atoms. The Morgan fingerprint density at radius 3 is 2.38 bits per heavy atom. The molecule has 0 aliphatic carbocycles. The number of nitrogens with zero attached hydrogens (tertiary/aromatic N) is 1. The first kappa shape index (κ1) is 15.7. The van der Waals surface area contributed by atoms with Crippen LogP contribution in [-0.2, 0) is 0 Å². The van der Waals surface area contributed by atoms with Crippen molar-refractivity contribution in [2.75, 3.05) is 12.4 Å². The average molecular weight is 322 g/mol. The Bertz CT molecular complexity index is 849. The number of benzene rings is 2. The first-order valence-corrected chi connectivity index (χ1v) is 7.35. The van der Waals surface area contributed by atoms with Gasteiger partial charge in [0.05, 0.1) is 7.11 Å². The fourth-order valence-electron chi connectivity index (χ4n) is 2.27. The highest BCUT2D eigenvalue weighted by Gasteiger charge is 2.13. The van der Waals surface area contributed by atoms with Crippen LogP contribution >= 0.6 is 0 Å². The number of halogens is 1. The SMILES string of the molecule is COc1ccc(C(=O)Nc2ccc(F)cc2)nc1-c1ccccc1. The van der Waals surface area contributed by atoms with Gasteiger partial charge in [0.2, 0.25) is 0 Å². The molecule has 3 aromatic rings. The van der Waals surface area contributed by atoms with Gasteiger partial charge in [0, 0.05) is 11.3 Å². The lowest BCUT2D eigenvalue weighted by Gasteiger charge is -2.10. The normalized spacial score (nSPS) is 10.2. The Morgan fingerprint density at radius 1 is 1.00 bits per heavy atom. The Labute approximate surface area is 138 Å². The molecule has 0 saturated heterocycles. The molecule has 4 nitrogen and oxygen atoms in total. The molecular formula is C19H15FN2O2. The third-order valence-corrected chi connectivity index (χ3v) is 3.46. The molecule has 0 fully saturated rings. The number of carbonyl (C=O) groups excluding carboxylic acids is 1. The van der Waals surface area contributed by atoms with E-state index in [1.54, 1.807) is 19.2 Å². The van der Waals surface area contributed by atoms with Crippen molar-refractivity contribution in [3.8, 4) is 17.0 Å². The second-order valence-corrected chi connectivity index (χ2v) is 5.07. The lowest BCUT2D eigenvalue weighted by molar-refractivity contribution is 0.102. The maximum absolute atomic E-state index is 12.9. The molecule has 0 aliphatic rings. The Balaban J connectivity index is 1.91. The maximum atomic E-state index is 12.9. The van der Waals surface area contributed by atoms with E-state index in [0.29, 0.717) is 17.1 Å². The van der Waals surface area contributed by atoms with Crippen LogP contribution in [0.2, 0.25) is 0 Å². The topological polar surface area (TPSA) is 51.2 Å². The molecule has 0 spiro atoms. The van der Waals surface area contributed by atoms with E-state index >= 15 is 0 Å². The number of nitrogens with one attached hydrogen (secondary N) is 1. The monoisotopic (exact) mass is 322 g/mol. The van der Waals surface area contributed by atoms with E-state index < -0.39 is 0 Å². The van der Waals surface area contributed by atoms with E-state index in [4.69, 9.17) is 4.74 Å². The second-order valence-electron chi connectivity index (χ2n) is 5.07. The number of pyridine rings is 1. The minimum absolute atomic E-state index is 0.249. The average Bonchev–Trinajstić information content (AvgIpc) is 2.63. The van der Waals surface area contributed by atoms with Crippen molar-refractivity contribution in [2.45, 2.75) is 0 Å². The highest BCUT2D eigenvalue weighted by Crippen LogP contribution is 2.28. The quantitative estimate of drug-likeness (QED) is 0.785. The molecule has 0 atom stereocenters. The summed E-state index contributed by atoms with van der Waals surface area (Å²) in [6, 6.07) is 18.3. The maximum Gasteiger partial charge on any atom is 0.274 e. The van der Waals surface area contributed by atoms with E-state index in [-0.39, 0.29) is 17.4 Å². The van der Waals surface area contributed by atoms with Gasteiger partial charge in [0.25, 0.3) is 5.91 Å². The van der Waals surface area contributed by atoms with Crippen molar-refractivity contribution >= 4 is 11.6 Å². The number of ether oxygens (including phenoxy) is 1. The van der Waals surface area contributed by atoms with Crippen LogP contribution in [0.1, 0.15) is 10.5 Å². The number of methoxy groups -OCH3 is 1.